The first-order valence-corrected chi connectivity index (χ1v) is 9.87. The van der Waals surface area contributed by atoms with Crippen LogP contribution in [0, 0.1) is 24.1 Å². The maximum atomic E-state index is 13.5. The molecule has 1 aromatic carbocycles. The number of nitrogens with two attached hydrogens (primary N) is 1. The van der Waals surface area contributed by atoms with Crippen molar-refractivity contribution in [1.82, 2.24) is 9.47 Å². The van der Waals surface area contributed by atoms with Gasteiger partial charge in [-0.05, 0) is 24.6 Å². The van der Waals surface area contributed by atoms with E-state index >= 15 is 0 Å². The van der Waals surface area contributed by atoms with Crippen molar-refractivity contribution in [2.24, 2.45) is 5.73 Å². The van der Waals surface area contributed by atoms with Crippen LogP contribution in [0.1, 0.15) is 22.7 Å². The summed E-state index contributed by atoms with van der Waals surface area (Å²) in [6.45, 7) is 6.11. The number of nitrogens with zero attached hydrogens (tertiary/aromatic N) is 3. The Morgan fingerprint density at radius 2 is 1.93 bits per heavy atom. The van der Waals surface area contributed by atoms with Crippen molar-refractivity contribution in [3.05, 3.63) is 74.8 Å². The number of aromatic nitrogens is 1. The minimum Gasteiger partial charge on any atom is -0.440 e. The van der Waals surface area contributed by atoms with Crippen LogP contribution < -0.4 is 16.0 Å². The molecule has 4 rings (SSSR count). The highest BCUT2D eigenvalue weighted by atomic mass is 19.1. The topological polar surface area (TPSA) is 93.5 Å². The Bertz CT molecular complexity index is 1080. The zero-order valence-corrected chi connectivity index (χ0v) is 16.7. The van der Waals surface area contributed by atoms with Gasteiger partial charge in [0.15, 0.2) is 0 Å². The SMILES string of the molecule is Cc1cc2c(c(=O)n1CCN1CCOCC1)[C@H](c1ccc(F)cc1)C(C#N)=C(N)O2. The van der Waals surface area contributed by atoms with Crippen LogP contribution in [0.3, 0.4) is 0 Å². The fourth-order valence-electron chi connectivity index (χ4n) is 4.02. The summed E-state index contributed by atoms with van der Waals surface area (Å²) in [6.07, 6.45) is 0. The molecular formula is C22H23FN4O3. The number of hydrogen-bond donors (Lipinski definition) is 1. The molecule has 0 unspecified atom stereocenters. The molecular weight excluding hydrogens is 387 g/mol. The lowest BCUT2D eigenvalue weighted by molar-refractivity contribution is 0.0362. The minimum absolute atomic E-state index is 0.0378. The highest BCUT2D eigenvalue weighted by molar-refractivity contribution is 5.55. The number of halogens is 1. The molecule has 30 heavy (non-hydrogen) atoms. The van der Waals surface area contributed by atoms with Gasteiger partial charge in [0.2, 0.25) is 5.88 Å². The van der Waals surface area contributed by atoms with Crippen molar-refractivity contribution in [3.63, 3.8) is 0 Å². The Hall–Kier alpha value is -3.15. The van der Waals surface area contributed by atoms with Crippen molar-refractivity contribution >= 4 is 0 Å². The second-order valence-corrected chi connectivity index (χ2v) is 7.45. The van der Waals surface area contributed by atoms with Crippen LogP contribution >= 0.6 is 0 Å². The van der Waals surface area contributed by atoms with E-state index in [1.54, 1.807) is 22.8 Å². The molecule has 7 nitrogen and oxygen atoms in total. The largest absolute Gasteiger partial charge is 0.440 e. The van der Waals surface area contributed by atoms with E-state index in [9.17, 15) is 14.4 Å². The van der Waals surface area contributed by atoms with Crippen molar-refractivity contribution in [1.29, 1.82) is 5.26 Å². The number of rotatable bonds is 4. The van der Waals surface area contributed by atoms with Crippen LogP contribution in [0.2, 0.25) is 0 Å². The average molecular weight is 410 g/mol. The Balaban J connectivity index is 1.77. The zero-order valence-electron chi connectivity index (χ0n) is 16.7. The molecule has 3 heterocycles. The summed E-state index contributed by atoms with van der Waals surface area (Å²) in [6, 6.07) is 9.59. The molecule has 2 aliphatic rings. The number of fused-ring (bicyclic) bond motifs is 1. The Kier molecular flexibility index (Phi) is 5.57. The lowest BCUT2D eigenvalue weighted by Crippen LogP contribution is -2.40. The van der Waals surface area contributed by atoms with Gasteiger partial charge in [-0.2, -0.15) is 5.26 Å². The monoisotopic (exact) mass is 410 g/mol. The molecule has 2 N–H and O–H groups in total. The smallest absolute Gasteiger partial charge is 0.258 e. The molecule has 1 fully saturated rings. The number of hydrogen-bond acceptors (Lipinski definition) is 6. The number of nitriles is 1. The Morgan fingerprint density at radius 1 is 1.23 bits per heavy atom. The average Bonchev–Trinajstić information content (AvgIpc) is 2.74. The van der Waals surface area contributed by atoms with Crippen molar-refractivity contribution < 1.29 is 13.9 Å². The van der Waals surface area contributed by atoms with Crippen molar-refractivity contribution in [2.75, 3.05) is 32.8 Å². The second-order valence-electron chi connectivity index (χ2n) is 7.45. The van der Waals surface area contributed by atoms with E-state index in [-0.39, 0.29) is 17.0 Å². The number of benzene rings is 1. The molecule has 0 bridgehead atoms. The molecule has 0 radical (unpaired) electrons. The van der Waals surface area contributed by atoms with Crippen LogP contribution in [0.4, 0.5) is 4.39 Å². The molecule has 0 amide bonds. The second kappa shape index (κ2) is 8.30. The van der Waals surface area contributed by atoms with Gasteiger partial charge in [0.1, 0.15) is 23.2 Å². The van der Waals surface area contributed by atoms with Gasteiger partial charge in [0.25, 0.3) is 5.56 Å². The summed E-state index contributed by atoms with van der Waals surface area (Å²) in [4.78, 5) is 15.8. The van der Waals surface area contributed by atoms with Gasteiger partial charge < -0.3 is 19.8 Å². The number of allylic oxidation sites excluding steroid dienone is 1. The summed E-state index contributed by atoms with van der Waals surface area (Å²) in [5, 5.41) is 9.69. The van der Waals surface area contributed by atoms with Crippen LogP contribution in [0.15, 0.2) is 46.6 Å². The van der Waals surface area contributed by atoms with E-state index in [1.165, 1.54) is 12.1 Å². The van der Waals surface area contributed by atoms with Gasteiger partial charge in [-0.15, -0.1) is 0 Å². The lowest BCUT2D eigenvalue weighted by Gasteiger charge is -2.29. The summed E-state index contributed by atoms with van der Waals surface area (Å²) in [5.41, 5.74) is 7.62. The van der Waals surface area contributed by atoms with E-state index in [4.69, 9.17) is 15.2 Å². The van der Waals surface area contributed by atoms with E-state index in [1.807, 2.05) is 6.92 Å². The fourth-order valence-corrected chi connectivity index (χ4v) is 4.02. The molecule has 8 heteroatoms. The van der Waals surface area contributed by atoms with Crippen molar-refractivity contribution in [3.8, 4) is 11.8 Å². The third-order valence-electron chi connectivity index (χ3n) is 5.64. The maximum Gasteiger partial charge on any atom is 0.258 e. The molecule has 2 aliphatic heterocycles. The highest BCUT2D eigenvalue weighted by Gasteiger charge is 2.34. The summed E-state index contributed by atoms with van der Waals surface area (Å²) >= 11 is 0. The molecule has 0 saturated carbocycles. The number of morpholine rings is 1. The molecule has 1 saturated heterocycles. The Morgan fingerprint density at radius 3 is 2.60 bits per heavy atom. The first kappa shape index (κ1) is 20.1. The summed E-state index contributed by atoms with van der Waals surface area (Å²) < 4.78 is 26.2. The minimum atomic E-state index is -0.706. The van der Waals surface area contributed by atoms with E-state index in [0.717, 1.165) is 18.8 Å². The number of ether oxygens (including phenoxy) is 2. The zero-order chi connectivity index (χ0) is 21.3. The van der Waals surface area contributed by atoms with E-state index in [2.05, 4.69) is 11.0 Å². The van der Waals surface area contributed by atoms with Gasteiger partial charge in [0, 0.05) is 37.9 Å². The highest BCUT2D eigenvalue weighted by Crippen LogP contribution is 2.40. The molecule has 1 aromatic heterocycles. The Labute approximate surface area is 173 Å². The predicted molar refractivity (Wildman–Crippen MR) is 108 cm³/mol. The molecule has 0 aliphatic carbocycles. The molecule has 0 spiro atoms. The first-order chi connectivity index (χ1) is 14.5. The number of aryl methyl sites for hydroxylation is 1. The van der Waals surface area contributed by atoms with Gasteiger partial charge >= 0.3 is 0 Å². The lowest BCUT2D eigenvalue weighted by atomic mass is 9.84. The summed E-state index contributed by atoms with van der Waals surface area (Å²) in [7, 11) is 0. The predicted octanol–water partition coefficient (Wildman–Crippen LogP) is 1.85. The third kappa shape index (κ3) is 3.70. The van der Waals surface area contributed by atoms with Crippen LogP contribution in [0.5, 0.6) is 5.75 Å². The number of pyridine rings is 1. The molecule has 2 aromatic rings. The normalized spacial score (nSPS) is 19.2. The van der Waals surface area contributed by atoms with Gasteiger partial charge in [-0.1, -0.05) is 12.1 Å². The van der Waals surface area contributed by atoms with Crippen molar-refractivity contribution in [2.45, 2.75) is 19.4 Å². The third-order valence-corrected chi connectivity index (χ3v) is 5.64. The van der Waals surface area contributed by atoms with Crippen LogP contribution in [-0.4, -0.2) is 42.3 Å². The van der Waals surface area contributed by atoms with Gasteiger partial charge in [-0.3, -0.25) is 9.69 Å². The summed E-state index contributed by atoms with van der Waals surface area (Å²) in [5.74, 6) is -0.800. The maximum absolute atomic E-state index is 13.5. The van der Waals surface area contributed by atoms with E-state index in [0.29, 0.717) is 43.2 Å². The fraction of sp³-hybridized carbons (Fsp3) is 0.364. The quantitative estimate of drug-likeness (QED) is 0.827. The van der Waals surface area contributed by atoms with Gasteiger partial charge in [0.05, 0.1) is 24.7 Å². The first-order valence-electron chi connectivity index (χ1n) is 9.87. The molecule has 156 valence electrons. The van der Waals surface area contributed by atoms with E-state index < -0.39 is 11.7 Å². The standard InChI is InChI=1S/C22H23FN4O3/c1-14-12-18-20(22(28)27(14)7-6-26-8-10-29-11-9-26)19(17(13-24)21(25)30-18)15-2-4-16(23)5-3-15/h2-5,12,19H,6-11,25H2,1H3/t19-/m1/s1. The molecule has 1 atom stereocenters. The van der Waals surface area contributed by atoms with Gasteiger partial charge in [-0.25, -0.2) is 4.39 Å². The van der Waals surface area contributed by atoms with Crippen LogP contribution in [0.25, 0.3) is 0 Å². The van der Waals surface area contributed by atoms with Crippen LogP contribution in [-0.2, 0) is 11.3 Å².